The fourth-order valence-electron chi connectivity index (χ4n) is 1.87. The van der Waals surface area contributed by atoms with Crippen LogP contribution < -0.4 is 10.1 Å². The predicted octanol–water partition coefficient (Wildman–Crippen LogP) is 4.29. The third-order valence-electron chi connectivity index (χ3n) is 2.85. The number of hydrogen-bond acceptors (Lipinski definition) is 2. The number of nitrogens with one attached hydrogen (secondary N) is 1. The lowest BCUT2D eigenvalue weighted by atomic mass is 10.2. The van der Waals surface area contributed by atoms with Crippen LogP contribution in [-0.2, 0) is 13.1 Å². The normalized spacial score (nSPS) is 10.5. The van der Waals surface area contributed by atoms with Crippen LogP contribution in [0.25, 0.3) is 0 Å². The lowest BCUT2D eigenvalue weighted by molar-refractivity contribution is 0.407. The number of para-hydroxylation sites is 1. The molecule has 4 heteroatoms. The molecule has 2 rings (SSSR count). The maximum Gasteiger partial charge on any atom is 0.123 e. The van der Waals surface area contributed by atoms with Crippen molar-refractivity contribution >= 4 is 23.2 Å². The Bertz CT molecular complexity index is 558. The average molecular weight is 296 g/mol. The van der Waals surface area contributed by atoms with Gasteiger partial charge in [-0.1, -0.05) is 53.5 Å². The van der Waals surface area contributed by atoms with Crippen LogP contribution in [0.4, 0.5) is 0 Å². The van der Waals surface area contributed by atoms with Gasteiger partial charge in [0.15, 0.2) is 0 Å². The van der Waals surface area contributed by atoms with Crippen molar-refractivity contribution in [2.24, 2.45) is 0 Å². The number of benzene rings is 2. The van der Waals surface area contributed by atoms with Crippen LogP contribution in [0.1, 0.15) is 11.1 Å². The molecule has 0 amide bonds. The first-order valence-corrected chi connectivity index (χ1v) is 6.73. The van der Waals surface area contributed by atoms with Crippen molar-refractivity contribution in [3.05, 3.63) is 63.6 Å². The Morgan fingerprint density at radius 2 is 1.63 bits per heavy atom. The van der Waals surface area contributed by atoms with Crippen LogP contribution in [0.15, 0.2) is 42.5 Å². The first-order chi connectivity index (χ1) is 9.22. The minimum Gasteiger partial charge on any atom is -0.496 e. The summed E-state index contributed by atoms with van der Waals surface area (Å²) < 4.78 is 5.30. The quantitative estimate of drug-likeness (QED) is 0.888. The standard InChI is InChI=1S/C15H15Cl2NO/c1-19-14-8-3-2-5-11(14)9-18-10-12-6-4-7-13(16)15(12)17/h2-8,18H,9-10H2,1H3. The van der Waals surface area contributed by atoms with E-state index in [0.717, 1.165) is 16.9 Å². The van der Waals surface area contributed by atoms with Crippen molar-refractivity contribution in [1.29, 1.82) is 0 Å². The summed E-state index contributed by atoms with van der Waals surface area (Å²) in [5.74, 6) is 0.882. The van der Waals surface area contributed by atoms with Gasteiger partial charge < -0.3 is 10.1 Å². The fraction of sp³-hybridized carbons (Fsp3) is 0.200. The molecule has 2 aromatic carbocycles. The second-order valence-corrected chi connectivity index (χ2v) is 4.91. The van der Waals surface area contributed by atoms with E-state index < -0.39 is 0 Å². The largest absolute Gasteiger partial charge is 0.496 e. The molecule has 0 atom stereocenters. The molecule has 19 heavy (non-hydrogen) atoms. The van der Waals surface area contributed by atoms with E-state index in [-0.39, 0.29) is 0 Å². The first-order valence-electron chi connectivity index (χ1n) is 5.98. The molecule has 0 unspecified atom stereocenters. The summed E-state index contributed by atoms with van der Waals surface area (Å²) in [4.78, 5) is 0. The van der Waals surface area contributed by atoms with Crippen LogP contribution in [0.3, 0.4) is 0 Å². The van der Waals surface area contributed by atoms with E-state index in [1.165, 1.54) is 0 Å². The van der Waals surface area contributed by atoms with Gasteiger partial charge in [-0.3, -0.25) is 0 Å². The Kier molecular flexibility index (Phi) is 5.08. The van der Waals surface area contributed by atoms with E-state index in [9.17, 15) is 0 Å². The molecular weight excluding hydrogens is 281 g/mol. The van der Waals surface area contributed by atoms with Crippen molar-refractivity contribution in [2.75, 3.05) is 7.11 Å². The summed E-state index contributed by atoms with van der Waals surface area (Å²) in [6, 6.07) is 13.6. The summed E-state index contributed by atoms with van der Waals surface area (Å²) in [7, 11) is 1.67. The van der Waals surface area contributed by atoms with Crippen LogP contribution in [0.5, 0.6) is 5.75 Å². The summed E-state index contributed by atoms with van der Waals surface area (Å²) in [5, 5.41) is 4.53. The maximum absolute atomic E-state index is 6.14. The first kappa shape index (κ1) is 14.2. The highest BCUT2D eigenvalue weighted by Crippen LogP contribution is 2.25. The van der Waals surface area contributed by atoms with Gasteiger partial charge in [0.2, 0.25) is 0 Å². The zero-order valence-corrected chi connectivity index (χ0v) is 12.1. The van der Waals surface area contributed by atoms with Crippen molar-refractivity contribution in [3.63, 3.8) is 0 Å². The van der Waals surface area contributed by atoms with Gasteiger partial charge in [0.25, 0.3) is 0 Å². The number of methoxy groups -OCH3 is 1. The van der Waals surface area contributed by atoms with E-state index >= 15 is 0 Å². The molecular formula is C15H15Cl2NO. The van der Waals surface area contributed by atoms with Gasteiger partial charge in [-0.25, -0.2) is 0 Å². The topological polar surface area (TPSA) is 21.3 Å². The Morgan fingerprint density at radius 1 is 0.947 bits per heavy atom. The molecule has 0 aliphatic heterocycles. The van der Waals surface area contributed by atoms with Crippen LogP contribution in [0, 0.1) is 0 Å². The SMILES string of the molecule is COc1ccccc1CNCc1cccc(Cl)c1Cl. The van der Waals surface area contributed by atoms with Crippen LogP contribution in [0.2, 0.25) is 10.0 Å². The summed E-state index contributed by atoms with van der Waals surface area (Å²) in [5.41, 5.74) is 2.10. The monoisotopic (exact) mass is 295 g/mol. The minimum atomic E-state index is 0.582. The summed E-state index contributed by atoms with van der Waals surface area (Å²) in [6.45, 7) is 1.38. The molecule has 2 aromatic rings. The second kappa shape index (κ2) is 6.80. The van der Waals surface area contributed by atoms with E-state index in [4.69, 9.17) is 27.9 Å². The highest BCUT2D eigenvalue weighted by Gasteiger charge is 2.05. The lowest BCUT2D eigenvalue weighted by Crippen LogP contribution is -2.13. The van der Waals surface area contributed by atoms with Gasteiger partial charge in [-0.05, 0) is 17.7 Å². The molecule has 100 valence electrons. The smallest absolute Gasteiger partial charge is 0.123 e. The molecule has 0 fully saturated rings. The summed E-state index contributed by atoms with van der Waals surface area (Å²) in [6.07, 6.45) is 0. The molecule has 2 nitrogen and oxygen atoms in total. The third-order valence-corrected chi connectivity index (χ3v) is 3.71. The molecule has 1 N–H and O–H groups in total. The van der Waals surface area contributed by atoms with Crippen LogP contribution >= 0.6 is 23.2 Å². The number of ether oxygens (including phenoxy) is 1. The number of hydrogen-bond donors (Lipinski definition) is 1. The van der Waals surface area contributed by atoms with E-state index in [1.54, 1.807) is 13.2 Å². The van der Waals surface area contributed by atoms with Crippen molar-refractivity contribution < 1.29 is 4.74 Å². The fourth-order valence-corrected chi connectivity index (χ4v) is 2.25. The molecule has 0 saturated heterocycles. The van der Waals surface area contributed by atoms with E-state index in [0.29, 0.717) is 23.1 Å². The third kappa shape index (κ3) is 3.63. The molecule has 0 aromatic heterocycles. The van der Waals surface area contributed by atoms with Gasteiger partial charge in [0.1, 0.15) is 5.75 Å². The van der Waals surface area contributed by atoms with Crippen molar-refractivity contribution in [3.8, 4) is 5.75 Å². The lowest BCUT2D eigenvalue weighted by Gasteiger charge is -2.10. The summed E-state index contributed by atoms with van der Waals surface area (Å²) >= 11 is 12.1. The molecule has 0 spiro atoms. The van der Waals surface area contributed by atoms with Crippen molar-refractivity contribution in [1.82, 2.24) is 5.32 Å². The van der Waals surface area contributed by atoms with Gasteiger partial charge in [-0.2, -0.15) is 0 Å². The zero-order chi connectivity index (χ0) is 13.7. The second-order valence-electron chi connectivity index (χ2n) is 4.13. The predicted molar refractivity (Wildman–Crippen MR) is 80.0 cm³/mol. The minimum absolute atomic E-state index is 0.582. The zero-order valence-electron chi connectivity index (χ0n) is 10.6. The van der Waals surface area contributed by atoms with Gasteiger partial charge >= 0.3 is 0 Å². The molecule has 0 radical (unpaired) electrons. The highest BCUT2D eigenvalue weighted by molar-refractivity contribution is 6.42. The van der Waals surface area contributed by atoms with Crippen molar-refractivity contribution in [2.45, 2.75) is 13.1 Å². The maximum atomic E-state index is 6.14. The van der Waals surface area contributed by atoms with E-state index in [1.807, 2.05) is 36.4 Å². The molecule has 0 saturated carbocycles. The molecule has 0 aliphatic carbocycles. The molecule has 0 bridgehead atoms. The van der Waals surface area contributed by atoms with Gasteiger partial charge in [-0.15, -0.1) is 0 Å². The Labute approximate surface area is 123 Å². The van der Waals surface area contributed by atoms with Gasteiger partial charge in [0.05, 0.1) is 17.2 Å². The molecule has 0 aliphatic rings. The average Bonchev–Trinajstić information content (AvgIpc) is 2.44. The van der Waals surface area contributed by atoms with Crippen LogP contribution in [-0.4, -0.2) is 7.11 Å². The Hall–Kier alpha value is -1.22. The molecule has 0 heterocycles. The Morgan fingerprint density at radius 3 is 2.42 bits per heavy atom. The number of rotatable bonds is 5. The van der Waals surface area contributed by atoms with E-state index in [2.05, 4.69) is 5.32 Å². The number of halogens is 2. The Balaban J connectivity index is 1.98. The van der Waals surface area contributed by atoms with Gasteiger partial charge in [0, 0.05) is 18.7 Å². The highest BCUT2D eigenvalue weighted by atomic mass is 35.5.